The molecule has 1 N–H and O–H groups in total. The summed E-state index contributed by atoms with van der Waals surface area (Å²) >= 11 is 1.64. The first-order valence-corrected chi connectivity index (χ1v) is 8.91. The average Bonchev–Trinajstić information content (AvgIpc) is 3.06. The number of para-hydroxylation sites is 1. The van der Waals surface area contributed by atoms with Crippen LogP contribution >= 0.6 is 11.8 Å². The van der Waals surface area contributed by atoms with Crippen LogP contribution in [0.15, 0.2) is 59.6 Å². The third kappa shape index (κ3) is 1.84. The number of rotatable bonds is 1. The van der Waals surface area contributed by atoms with Crippen LogP contribution in [-0.4, -0.2) is 32.6 Å². The van der Waals surface area contributed by atoms with Crippen LogP contribution in [0.2, 0.25) is 0 Å². The molecule has 2 aromatic carbocycles. The second-order valence-corrected chi connectivity index (χ2v) is 7.14. The number of thioether (sulfide) groups is 1. The van der Waals surface area contributed by atoms with E-state index >= 15 is 0 Å². The summed E-state index contributed by atoms with van der Waals surface area (Å²) in [6.07, 6.45) is 1.01. The van der Waals surface area contributed by atoms with Crippen molar-refractivity contribution in [3.63, 3.8) is 0 Å². The summed E-state index contributed by atoms with van der Waals surface area (Å²) in [5.74, 6) is 0.598. The summed E-state index contributed by atoms with van der Waals surface area (Å²) in [5.41, 5.74) is 2.32. The van der Waals surface area contributed by atoms with Gasteiger partial charge in [-0.3, -0.25) is 5.01 Å². The molecule has 2 aromatic rings. The van der Waals surface area contributed by atoms with E-state index in [4.69, 9.17) is 4.99 Å². The molecule has 0 amide bonds. The maximum atomic E-state index is 11.4. The van der Waals surface area contributed by atoms with Crippen LogP contribution in [0.1, 0.15) is 23.6 Å². The van der Waals surface area contributed by atoms with E-state index in [1.54, 1.807) is 11.8 Å². The predicted molar refractivity (Wildman–Crippen MR) is 92.2 cm³/mol. The predicted octanol–water partition coefficient (Wildman–Crippen LogP) is 3.24. The summed E-state index contributed by atoms with van der Waals surface area (Å²) in [5, 5.41) is 16.8. The van der Waals surface area contributed by atoms with Crippen molar-refractivity contribution in [2.24, 2.45) is 4.99 Å². The smallest absolute Gasteiger partial charge is 0.179 e. The minimum absolute atomic E-state index is 0.279. The maximum absolute atomic E-state index is 11.4. The van der Waals surface area contributed by atoms with Gasteiger partial charge in [-0.25, -0.2) is 4.99 Å². The first kappa shape index (κ1) is 13.6. The van der Waals surface area contributed by atoms with Crippen LogP contribution in [0.4, 0.5) is 5.69 Å². The van der Waals surface area contributed by atoms with Gasteiger partial charge in [0.2, 0.25) is 0 Å². The lowest BCUT2D eigenvalue weighted by Crippen LogP contribution is -2.59. The highest BCUT2D eigenvalue weighted by Crippen LogP contribution is 2.50. The fraction of sp³-hybridized carbons (Fsp3) is 0.278. The molecule has 0 aliphatic carbocycles. The molecule has 4 nitrogen and oxygen atoms in total. The summed E-state index contributed by atoms with van der Waals surface area (Å²) in [6.45, 7) is 0.837. The molecule has 116 valence electrons. The van der Waals surface area contributed by atoms with Crippen LogP contribution < -0.4 is 0 Å². The molecule has 23 heavy (non-hydrogen) atoms. The van der Waals surface area contributed by atoms with Gasteiger partial charge in [-0.2, -0.15) is 5.01 Å². The zero-order valence-corrected chi connectivity index (χ0v) is 13.4. The van der Waals surface area contributed by atoms with Crippen LogP contribution in [0.5, 0.6) is 0 Å². The lowest BCUT2D eigenvalue weighted by Gasteiger charge is -2.49. The van der Waals surface area contributed by atoms with Gasteiger partial charge in [-0.1, -0.05) is 60.3 Å². The van der Waals surface area contributed by atoms with Crippen molar-refractivity contribution in [3.05, 3.63) is 65.7 Å². The molecular formula is C18H17N3OS. The number of hydrogen-bond donors (Lipinski definition) is 1. The van der Waals surface area contributed by atoms with Gasteiger partial charge in [-0.05, 0) is 12.5 Å². The van der Waals surface area contributed by atoms with E-state index in [0.717, 1.165) is 29.4 Å². The van der Waals surface area contributed by atoms with Gasteiger partial charge in [0.15, 0.2) is 10.9 Å². The highest BCUT2D eigenvalue weighted by atomic mass is 32.2. The molecule has 5 rings (SSSR count). The Balaban J connectivity index is 1.62. The molecule has 0 bridgehead atoms. The number of hydrogen-bond acceptors (Lipinski definition) is 5. The number of hydrazine groups is 1. The van der Waals surface area contributed by atoms with Crippen molar-refractivity contribution in [2.45, 2.75) is 18.2 Å². The van der Waals surface area contributed by atoms with E-state index in [0.29, 0.717) is 5.75 Å². The molecule has 0 radical (unpaired) electrons. The van der Waals surface area contributed by atoms with E-state index in [9.17, 15) is 5.11 Å². The SMILES string of the molecule is O[C@]1(c2ccccc2)CSC2=Nc3ccccc3[C@@H]3CCN1N23. The number of benzene rings is 2. The van der Waals surface area contributed by atoms with E-state index < -0.39 is 5.72 Å². The second kappa shape index (κ2) is 4.84. The molecule has 2 atom stereocenters. The standard InChI is InChI=1S/C18H17N3OS/c22-18(13-6-2-1-3-7-13)12-23-17-19-15-9-5-4-8-14(15)16-10-11-20(18)21(16)17/h1-9,16,22H,10-12H2/t16-,18-/m0/s1. The summed E-state index contributed by atoms with van der Waals surface area (Å²) in [4.78, 5) is 4.82. The first-order chi connectivity index (χ1) is 11.3. The van der Waals surface area contributed by atoms with Gasteiger partial charge in [0.05, 0.1) is 11.7 Å². The normalized spacial score (nSPS) is 29.0. The zero-order chi connectivity index (χ0) is 15.4. The van der Waals surface area contributed by atoms with Gasteiger partial charge in [0, 0.05) is 23.4 Å². The van der Waals surface area contributed by atoms with Crippen molar-refractivity contribution >= 4 is 22.6 Å². The molecule has 0 aromatic heterocycles. The van der Waals surface area contributed by atoms with E-state index in [1.807, 2.05) is 36.4 Å². The summed E-state index contributed by atoms with van der Waals surface area (Å²) in [6, 6.07) is 18.6. The Morgan fingerprint density at radius 2 is 1.87 bits per heavy atom. The largest absolute Gasteiger partial charge is 0.369 e. The van der Waals surface area contributed by atoms with Gasteiger partial charge in [-0.15, -0.1) is 0 Å². The van der Waals surface area contributed by atoms with Crippen molar-refractivity contribution in [1.82, 2.24) is 10.0 Å². The Morgan fingerprint density at radius 1 is 1.09 bits per heavy atom. The van der Waals surface area contributed by atoms with Crippen LogP contribution in [0.25, 0.3) is 0 Å². The summed E-state index contributed by atoms with van der Waals surface area (Å²) < 4.78 is 0. The van der Waals surface area contributed by atoms with Crippen LogP contribution in [0.3, 0.4) is 0 Å². The number of aliphatic imine (C=N–C) groups is 1. The molecule has 2 saturated heterocycles. The van der Waals surface area contributed by atoms with Crippen molar-refractivity contribution in [3.8, 4) is 0 Å². The Hall–Kier alpha value is -1.82. The third-order valence-electron chi connectivity index (χ3n) is 4.94. The molecule has 3 heterocycles. The molecule has 5 heteroatoms. The third-order valence-corrected chi connectivity index (χ3v) is 6.03. The molecule has 3 aliphatic rings. The Morgan fingerprint density at radius 3 is 2.74 bits per heavy atom. The van der Waals surface area contributed by atoms with E-state index in [1.165, 1.54) is 5.56 Å². The number of fused-ring (bicyclic) bond motifs is 2. The van der Waals surface area contributed by atoms with Crippen LogP contribution in [-0.2, 0) is 5.72 Å². The lowest BCUT2D eigenvalue weighted by molar-refractivity contribution is -0.168. The van der Waals surface area contributed by atoms with Gasteiger partial charge < -0.3 is 5.11 Å². The monoisotopic (exact) mass is 323 g/mol. The van der Waals surface area contributed by atoms with Gasteiger partial charge in [0.25, 0.3) is 0 Å². The molecule has 0 saturated carbocycles. The number of nitrogens with zero attached hydrogens (tertiary/aromatic N) is 3. The van der Waals surface area contributed by atoms with Crippen molar-refractivity contribution in [1.29, 1.82) is 0 Å². The molecule has 0 spiro atoms. The fourth-order valence-corrected chi connectivity index (χ4v) is 5.00. The van der Waals surface area contributed by atoms with Crippen molar-refractivity contribution in [2.75, 3.05) is 12.3 Å². The van der Waals surface area contributed by atoms with E-state index in [2.05, 4.69) is 28.2 Å². The minimum Gasteiger partial charge on any atom is -0.369 e. The molecular weight excluding hydrogens is 306 g/mol. The van der Waals surface area contributed by atoms with Crippen molar-refractivity contribution < 1.29 is 5.11 Å². The molecule has 2 fully saturated rings. The minimum atomic E-state index is -0.966. The zero-order valence-electron chi connectivity index (χ0n) is 12.6. The van der Waals surface area contributed by atoms with E-state index in [-0.39, 0.29) is 6.04 Å². The highest BCUT2D eigenvalue weighted by molar-refractivity contribution is 8.13. The highest BCUT2D eigenvalue weighted by Gasteiger charge is 2.52. The molecule has 0 unspecified atom stereocenters. The topological polar surface area (TPSA) is 39.1 Å². The number of amidine groups is 1. The quantitative estimate of drug-likeness (QED) is 0.874. The Kier molecular flexibility index (Phi) is 2.86. The Bertz CT molecular complexity index is 794. The molecule has 3 aliphatic heterocycles. The van der Waals surface area contributed by atoms with Crippen LogP contribution in [0, 0.1) is 0 Å². The fourth-order valence-electron chi connectivity index (χ4n) is 3.83. The average molecular weight is 323 g/mol. The van der Waals surface area contributed by atoms with Gasteiger partial charge in [0.1, 0.15) is 0 Å². The number of aliphatic hydroxyl groups is 1. The lowest BCUT2D eigenvalue weighted by atomic mass is 10.0. The summed E-state index contributed by atoms with van der Waals surface area (Å²) in [7, 11) is 0. The maximum Gasteiger partial charge on any atom is 0.179 e. The van der Waals surface area contributed by atoms with Gasteiger partial charge >= 0.3 is 0 Å². The second-order valence-electron chi connectivity index (χ2n) is 6.20. The first-order valence-electron chi connectivity index (χ1n) is 7.92. The Labute approximate surface area is 139 Å².